The van der Waals surface area contributed by atoms with E-state index in [1.165, 1.54) is 57.1 Å². The van der Waals surface area contributed by atoms with Gasteiger partial charge in [-0.25, -0.2) is 4.39 Å². The first-order valence-corrected chi connectivity index (χ1v) is 13.0. The molecule has 1 aromatic rings. The highest BCUT2D eigenvalue weighted by Gasteiger charge is 2.22. The summed E-state index contributed by atoms with van der Waals surface area (Å²) in [6.07, 6.45) is 13.6. The number of carboxylic acid groups (broad SMARTS) is 1. The van der Waals surface area contributed by atoms with Crippen LogP contribution in [0.4, 0.5) is 4.39 Å². The number of hydrogen-bond donors (Lipinski definition) is 1. The summed E-state index contributed by atoms with van der Waals surface area (Å²) >= 11 is 0. The summed E-state index contributed by atoms with van der Waals surface area (Å²) in [5.41, 5.74) is 0.447. The normalized spacial score (nSPS) is 12.6. The van der Waals surface area contributed by atoms with Gasteiger partial charge in [0.05, 0.1) is 0 Å². The molecule has 0 spiro atoms. The number of hydrogen-bond acceptors (Lipinski definition) is 4. The van der Waals surface area contributed by atoms with Crippen LogP contribution in [0.2, 0.25) is 0 Å². The number of aliphatic carboxylic acids is 1. The van der Waals surface area contributed by atoms with Crippen LogP contribution in [0.15, 0.2) is 24.3 Å². The van der Waals surface area contributed by atoms with Crippen molar-refractivity contribution in [3.63, 3.8) is 0 Å². The first-order valence-electron chi connectivity index (χ1n) is 13.0. The fourth-order valence-electron chi connectivity index (χ4n) is 4.05. The zero-order valence-electron chi connectivity index (χ0n) is 21.8. The number of halogens is 1. The van der Waals surface area contributed by atoms with Gasteiger partial charge in [-0.15, -0.1) is 0 Å². The molecule has 0 heterocycles. The Morgan fingerprint density at radius 2 is 1.35 bits per heavy atom. The molecule has 0 bridgehead atoms. The minimum absolute atomic E-state index is 0.0925. The molecule has 0 aliphatic rings. The Hall–Kier alpha value is -1.95. The molecule has 34 heavy (non-hydrogen) atoms. The highest BCUT2D eigenvalue weighted by Crippen LogP contribution is 2.15. The summed E-state index contributed by atoms with van der Waals surface area (Å²) in [7, 11) is 1.86. The number of benzene rings is 1. The molecule has 5 nitrogen and oxygen atoms in total. The van der Waals surface area contributed by atoms with Crippen LogP contribution in [0, 0.1) is 5.82 Å². The number of carbonyl (C=O) groups excluding carboxylic acids is 1. The Morgan fingerprint density at radius 3 is 1.82 bits per heavy atom. The van der Waals surface area contributed by atoms with E-state index in [-0.39, 0.29) is 17.4 Å². The molecule has 1 atom stereocenters. The van der Waals surface area contributed by atoms with E-state index in [0.29, 0.717) is 12.8 Å². The quantitative estimate of drug-likeness (QED) is 0.186. The maximum Gasteiger partial charge on any atom is 0.321 e. The van der Waals surface area contributed by atoms with Crippen LogP contribution in [0.5, 0.6) is 0 Å². The number of carbonyl (C=O) groups is 2. The van der Waals surface area contributed by atoms with Gasteiger partial charge in [-0.3, -0.25) is 14.5 Å². The number of ether oxygens (including phenoxy) is 1. The number of carboxylic acids is 1. The fourth-order valence-corrected chi connectivity index (χ4v) is 4.05. The molecule has 0 aliphatic carbocycles. The number of rotatable bonds is 18. The van der Waals surface area contributed by atoms with Crippen molar-refractivity contribution in [3.8, 4) is 0 Å². The van der Waals surface area contributed by atoms with Crippen molar-refractivity contribution in [1.29, 1.82) is 0 Å². The fraction of sp³-hybridized carbons (Fsp3) is 0.714. The summed E-state index contributed by atoms with van der Waals surface area (Å²) in [4.78, 5) is 25.2. The second-order valence-corrected chi connectivity index (χ2v) is 10.4. The van der Waals surface area contributed by atoms with Crippen molar-refractivity contribution in [2.24, 2.45) is 0 Å². The monoisotopic (exact) mass is 479 g/mol. The minimum atomic E-state index is -0.836. The predicted molar refractivity (Wildman–Crippen MR) is 135 cm³/mol. The number of esters is 1. The van der Waals surface area contributed by atoms with E-state index in [0.717, 1.165) is 37.8 Å². The highest BCUT2D eigenvalue weighted by atomic mass is 19.1. The van der Waals surface area contributed by atoms with E-state index in [2.05, 4.69) is 0 Å². The Labute approximate surface area is 206 Å². The van der Waals surface area contributed by atoms with Gasteiger partial charge in [0, 0.05) is 6.42 Å². The third-order valence-corrected chi connectivity index (χ3v) is 5.97. The molecule has 0 unspecified atom stereocenters. The Morgan fingerprint density at radius 1 is 0.882 bits per heavy atom. The SMILES string of the molecule is CN(CCCCCCCCCCCCCC(=O)OC(C)(C)C)[C@@H](Cc1ccc(F)cc1)C(=O)O. The van der Waals surface area contributed by atoms with E-state index < -0.39 is 12.0 Å². The van der Waals surface area contributed by atoms with Gasteiger partial charge in [0.15, 0.2) is 0 Å². The smallest absolute Gasteiger partial charge is 0.321 e. The lowest BCUT2D eigenvalue weighted by molar-refractivity contribution is -0.155. The number of likely N-dealkylation sites (N-methyl/N-ethyl adjacent to an activating group) is 1. The van der Waals surface area contributed by atoms with Crippen LogP contribution in [0.25, 0.3) is 0 Å². The van der Waals surface area contributed by atoms with Crippen LogP contribution in [0.1, 0.15) is 103 Å². The molecule has 1 aromatic carbocycles. The highest BCUT2D eigenvalue weighted by molar-refractivity contribution is 5.73. The van der Waals surface area contributed by atoms with Crippen molar-refractivity contribution in [3.05, 3.63) is 35.6 Å². The van der Waals surface area contributed by atoms with Gasteiger partial charge in [-0.2, -0.15) is 0 Å². The maximum atomic E-state index is 13.1. The second kappa shape index (κ2) is 16.6. The molecule has 194 valence electrons. The molecule has 0 aromatic heterocycles. The molecular weight excluding hydrogens is 433 g/mol. The topological polar surface area (TPSA) is 66.8 Å². The number of unbranched alkanes of at least 4 members (excludes halogenated alkanes) is 10. The van der Waals surface area contributed by atoms with Crippen LogP contribution in [-0.2, 0) is 20.7 Å². The van der Waals surface area contributed by atoms with Crippen LogP contribution < -0.4 is 0 Å². The third-order valence-electron chi connectivity index (χ3n) is 5.97. The largest absolute Gasteiger partial charge is 0.480 e. The van der Waals surface area contributed by atoms with Crippen LogP contribution in [-0.4, -0.2) is 47.2 Å². The summed E-state index contributed by atoms with van der Waals surface area (Å²) < 4.78 is 18.4. The van der Waals surface area contributed by atoms with Gasteiger partial charge in [0.1, 0.15) is 17.5 Å². The molecule has 1 N–H and O–H groups in total. The molecule has 0 saturated heterocycles. The molecule has 0 aliphatic heterocycles. The van der Waals surface area contributed by atoms with Gasteiger partial charge in [-0.1, -0.05) is 69.9 Å². The zero-order valence-corrected chi connectivity index (χ0v) is 21.8. The summed E-state index contributed by atoms with van der Waals surface area (Å²) in [5, 5.41) is 9.58. The Balaban J connectivity index is 2.01. The molecule has 0 saturated carbocycles. The first kappa shape index (κ1) is 30.1. The van der Waals surface area contributed by atoms with Crippen LogP contribution >= 0.6 is 0 Å². The van der Waals surface area contributed by atoms with Gasteiger partial charge in [0.2, 0.25) is 0 Å². The minimum Gasteiger partial charge on any atom is -0.480 e. The van der Waals surface area contributed by atoms with E-state index in [4.69, 9.17) is 4.74 Å². The van der Waals surface area contributed by atoms with Crippen LogP contribution in [0.3, 0.4) is 0 Å². The van der Waals surface area contributed by atoms with E-state index in [1.807, 2.05) is 32.7 Å². The average Bonchev–Trinajstić information content (AvgIpc) is 2.74. The van der Waals surface area contributed by atoms with Crippen molar-refractivity contribution in [2.45, 2.75) is 116 Å². The van der Waals surface area contributed by atoms with E-state index in [1.54, 1.807) is 12.1 Å². The Bertz CT molecular complexity index is 699. The molecule has 0 fully saturated rings. The molecule has 1 rings (SSSR count). The Kier molecular flexibility index (Phi) is 14.7. The molecule has 0 amide bonds. The predicted octanol–water partition coefficient (Wildman–Crippen LogP) is 6.78. The van der Waals surface area contributed by atoms with Crippen molar-refractivity contribution < 1.29 is 23.8 Å². The lowest BCUT2D eigenvalue weighted by atomic mass is 10.0. The van der Waals surface area contributed by atoms with Gasteiger partial charge < -0.3 is 9.84 Å². The number of nitrogens with zero attached hydrogens (tertiary/aromatic N) is 1. The van der Waals surface area contributed by atoms with Crippen molar-refractivity contribution >= 4 is 11.9 Å². The molecule has 6 heteroatoms. The first-order chi connectivity index (χ1) is 16.1. The van der Waals surface area contributed by atoms with E-state index >= 15 is 0 Å². The molecular formula is C28H46FNO4. The molecule has 0 radical (unpaired) electrons. The van der Waals surface area contributed by atoms with Gasteiger partial charge >= 0.3 is 11.9 Å². The van der Waals surface area contributed by atoms with Crippen molar-refractivity contribution in [1.82, 2.24) is 4.90 Å². The standard InChI is InChI=1S/C28H46FNO4/c1-28(2,3)34-26(31)16-14-12-10-8-6-5-7-9-11-13-15-21-30(4)25(27(32)33)22-23-17-19-24(29)20-18-23/h17-20,25H,5-16,21-22H2,1-4H3,(H,32,33)/t25-/m0/s1. The van der Waals surface area contributed by atoms with E-state index in [9.17, 15) is 19.1 Å². The lowest BCUT2D eigenvalue weighted by Gasteiger charge is -2.24. The zero-order chi connectivity index (χ0) is 25.4. The average molecular weight is 480 g/mol. The van der Waals surface area contributed by atoms with Gasteiger partial charge in [0.25, 0.3) is 0 Å². The van der Waals surface area contributed by atoms with Crippen molar-refractivity contribution in [2.75, 3.05) is 13.6 Å². The summed E-state index contributed by atoms with van der Waals surface area (Å²) in [6, 6.07) is 5.48. The summed E-state index contributed by atoms with van der Waals surface area (Å²) in [6.45, 7) is 6.45. The van der Waals surface area contributed by atoms with Gasteiger partial charge in [-0.05, 0) is 71.3 Å². The maximum absolute atomic E-state index is 13.1. The lowest BCUT2D eigenvalue weighted by Crippen LogP contribution is -2.40. The second-order valence-electron chi connectivity index (χ2n) is 10.4. The summed E-state index contributed by atoms with van der Waals surface area (Å²) in [5.74, 6) is -1.24. The third kappa shape index (κ3) is 15.0.